The molecule has 0 unspecified atom stereocenters. The van der Waals surface area contributed by atoms with Gasteiger partial charge in [0.1, 0.15) is 5.75 Å². The van der Waals surface area contributed by atoms with Crippen LogP contribution in [0.25, 0.3) is 0 Å². The van der Waals surface area contributed by atoms with Crippen molar-refractivity contribution < 1.29 is 14.7 Å². The molecule has 25 heavy (non-hydrogen) atoms. The fraction of sp³-hybridized carbons (Fsp3) is 0.300. The lowest BCUT2D eigenvalue weighted by atomic mass is 9.96. The molecule has 2 N–H and O–H groups in total. The van der Waals surface area contributed by atoms with E-state index in [1.54, 1.807) is 30.0 Å². The summed E-state index contributed by atoms with van der Waals surface area (Å²) in [5.74, 6) is 0.0913. The van der Waals surface area contributed by atoms with Crippen LogP contribution in [0.3, 0.4) is 0 Å². The molecular formula is C20H22N2O3. The first kappa shape index (κ1) is 17.0. The van der Waals surface area contributed by atoms with E-state index in [2.05, 4.69) is 5.32 Å². The Morgan fingerprint density at radius 3 is 2.76 bits per heavy atom. The average Bonchev–Trinajstić information content (AvgIpc) is 2.95. The van der Waals surface area contributed by atoms with Gasteiger partial charge < -0.3 is 15.3 Å². The lowest BCUT2D eigenvalue weighted by molar-refractivity contribution is -0.116. The van der Waals surface area contributed by atoms with E-state index in [0.717, 1.165) is 16.8 Å². The van der Waals surface area contributed by atoms with Crippen molar-refractivity contribution in [3.63, 3.8) is 0 Å². The van der Waals surface area contributed by atoms with Crippen molar-refractivity contribution in [3.8, 4) is 5.75 Å². The Hall–Kier alpha value is -2.82. The second kappa shape index (κ2) is 6.97. The molecule has 0 radical (unpaired) electrons. The van der Waals surface area contributed by atoms with Gasteiger partial charge in [0, 0.05) is 31.5 Å². The molecule has 0 fully saturated rings. The van der Waals surface area contributed by atoms with Gasteiger partial charge in [0.25, 0.3) is 0 Å². The smallest absolute Gasteiger partial charge is 0.224 e. The molecule has 5 nitrogen and oxygen atoms in total. The molecule has 1 atom stereocenters. The molecule has 2 aromatic carbocycles. The monoisotopic (exact) mass is 338 g/mol. The molecule has 5 heteroatoms. The van der Waals surface area contributed by atoms with Gasteiger partial charge in [-0.1, -0.05) is 24.3 Å². The van der Waals surface area contributed by atoms with E-state index in [1.807, 2.05) is 31.2 Å². The molecule has 1 aliphatic heterocycles. The quantitative estimate of drug-likeness (QED) is 0.837. The van der Waals surface area contributed by atoms with E-state index < -0.39 is 0 Å². The third-order valence-electron chi connectivity index (χ3n) is 4.60. The zero-order valence-electron chi connectivity index (χ0n) is 14.5. The Morgan fingerprint density at radius 1 is 1.24 bits per heavy atom. The summed E-state index contributed by atoms with van der Waals surface area (Å²) in [6, 6.07) is 13.0. The summed E-state index contributed by atoms with van der Waals surface area (Å²) in [7, 11) is 0. The minimum atomic E-state index is -0.139. The second-order valence-corrected chi connectivity index (χ2v) is 6.49. The van der Waals surface area contributed by atoms with Gasteiger partial charge in [0.15, 0.2) is 0 Å². The standard InChI is InChI=1S/C20H22N2O3/c1-13-7-9-19(24)17(11-13)21-20(25)10-8-15-12-22(14(2)23)18-6-4-3-5-16(15)18/h3-7,9,11,15,24H,8,10,12H2,1-2H3,(H,21,25)/t15-/m1/s1. The Bertz CT molecular complexity index is 816. The summed E-state index contributed by atoms with van der Waals surface area (Å²) in [6.45, 7) is 4.07. The van der Waals surface area contributed by atoms with E-state index in [0.29, 0.717) is 25.1 Å². The highest BCUT2D eigenvalue weighted by molar-refractivity contribution is 5.95. The predicted molar refractivity (Wildman–Crippen MR) is 97.9 cm³/mol. The molecule has 0 aliphatic carbocycles. The van der Waals surface area contributed by atoms with Crippen molar-refractivity contribution in [2.75, 3.05) is 16.8 Å². The van der Waals surface area contributed by atoms with Crippen LogP contribution in [0, 0.1) is 6.92 Å². The maximum Gasteiger partial charge on any atom is 0.224 e. The number of carbonyl (C=O) groups is 2. The van der Waals surface area contributed by atoms with Crippen LogP contribution in [-0.4, -0.2) is 23.5 Å². The number of nitrogens with zero attached hydrogens (tertiary/aromatic N) is 1. The van der Waals surface area contributed by atoms with Crippen LogP contribution < -0.4 is 10.2 Å². The van der Waals surface area contributed by atoms with Crippen LogP contribution in [0.1, 0.15) is 36.8 Å². The summed E-state index contributed by atoms with van der Waals surface area (Å²) in [5.41, 5.74) is 3.46. The van der Waals surface area contributed by atoms with Crippen LogP contribution in [0.5, 0.6) is 5.75 Å². The first-order valence-corrected chi connectivity index (χ1v) is 8.42. The Labute approximate surface area is 147 Å². The summed E-state index contributed by atoms with van der Waals surface area (Å²) in [5, 5.41) is 12.6. The zero-order valence-corrected chi connectivity index (χ0v) is 14.5. The van der Waals surface area contributed by atoms with Gasteiger partial charge in [0.05, 0.1) is 5.69 Å². The van der Waals surface area contributed by atoms with Gasteiger partial charge in [-0.15, -0.1) is 0 Å². The van der Waals surface area contributed by atoms with Gasteiger partial charge in [0.2, 0.25) is 11.8 Å². The molecule has 0 spiro atoms. The second-order valence-electron chi connectivity index (χ2n) is 6.49. The van der Waals surface area contributed by atoms with Crippen molar-refractivity contribution in [1.29, 1.82) is 0 Å². The van der Waals surface area contributed by atoms with Gasteiger partial charge >= 0.3 is 0 Å². The summed E-state index contributed by atoms with van der Waals surface area (Å²) in [6.07, 6.45) is 0.983. The number of phenolic OH excluding ortho intramolecular Hbond substituents is 1. The van der Waals surface area contributed by atoms with E-state index in [-0.39, 0.29) is 23.5 Å². The molecule has 3 rings (SSSR count). The van der Waals surface area contributed by atoms with Crippen LogP contribution in [0.4, 0.5) is 11.4 Å². The maximum absolute atomic E-state index is 12.3. The highest BCUT2D eigenvalue weighted by Crippen LogP contribution is 2.38. The summed E-state index contributed by atoms with van der Waals surface area (Å²) >= 11 is 0. The van der Waals surface area contributed by atoms with Crippen LogP contribution in [0.2, 0.25) is 0 Å². The average molecular weight is 338 g/mol. The van der Waals surface area contributed by atoms with Crippen molar-refractivity contribution >= 4 is 23.2 Å². The molecule has 130 valence electrons. The van der Waals surface area contributed by atoms with Crippen LogP contribution in [0.15, 0.2) is 42.5 Å². The number of rotatable bonds is 4. The molecular weight excluding hydrogens is 316 g/mol. The molecule has 1 heterocycles. The molecule has 2 amide bonds. The first-order chi connectivity index (χ1) is 12.0. The third-order valence-corrected chi connectivity index (χ3v) is 4.60. The Morgan fingerprint density at radius 2 is 2.00 bits per heavy atom. The summed E-state index contributed by atoms with van der Waals surface area (Å²) < 4.78 is 0. The number of hydrogen-bond donors (Lipinski definition) is 2. The lowest BCUT2D eigenvalue weighted by Crippen LogP contribution is -2.27. The molecule has 1 aliphatic rings. The molecule has 0 aromatic heterocycles. The minimum absolute atomic E-state index is 0.0177. The number of hydrogen-bond acceptors (Lipinski definition) is 3. The Kier molecular flexibility index (Phi) is 4.74. The van der Waals surface area contributed by atoms with E-state index in [9.17, 15) is 14.7 Å². The fourth-order valence-electron chi connectivity index (χ4n) is 3.31. The molecule has 0 bridgehead atoms. The highest BCUT2D eigenvalue weighted by atomic mass is 16.3. The van der Waals surface area contributed by atoms with E-state index in [1.165, 1.54) is 0 Å². The number of para-hydroxylation sites is 1. The summed E-state index contributed by atoms with van der Waals surface area (Å²) in [4.78, 5) is 25.8. The highest BCUT2D eigenvalue weighted by Gasteiger charge is 2.30. The molecule has 0 saturated heterocycles. The fourth-order valence-corrected chi connectivity index (χ4v) is 3.31. The van der Waals surface area contributed by atoms with Crippen molar-refractivity contribution in [2.24, 2.45) is 0 Å². The molecule has 2 aromatic rings. The topological polar surface area (TPSA) is 69.6 Å². The Balaban J connectivity index is 1.65. The molecule has 0 saturated carbocycles. The number of fused-ring (bicyclic) bond motifs is 1. The number of anilines is 2. The van der Waals surface area contributed by atoms with Crippen molar-refractivity contribution in [1.82, 2.24) is 0 Å². The predicted octanol–water partition coefficient (Wildman–Crippen LogP) is 3.57. The lowest BCUT2D eigenvalue weighted by Gasteiger charge is -2.15. The van der Waals surface area contributed by atoms with Crippen molar-refractivity contribution in [3.05, 3.63) is 53.6 Å². The van der Waals surface area contributed by atoms with E-state index in [4.69, 9.17) is 0 Å². The number of phenols is 1. The number of nitrogens with one attached hydrogen (secondary N) is 1. The number of amides is 2. The first-order valence-electron chi connectivity index (χ1n) is 8.42. The number of benzene rings is 2. The number of aromatic hydroxyl groups is 1. The SMILES string of the molecule is CC(=O)N1C[C@@H](CCC(=O)Nc2cc(C)ccc2O)c2ccccc21. The van der Waals surface area contributed by atoms with Crippen molar-refractivity contribution in [2.45, 2.75) is 32.6 Å². The maximum atomic E-state index is 12.3. The third kappa shape index (κ3) is 3.65. The minimum Gasteiger partial charge on any atom is -0.506 e. The van der Waals surface area contributed by atoms with Gasteiger partial charge in [-0.25, -0.2) is 0 Å². The largest absolute Gasteiger partial charge is 0.506 e. The van der Waals surface area contributed by atoms with Crippen LogP contribution in [-0.2, 0) is 9.59 Å². The van der Waals surface area contributed by atoms with E-state index >= 15 is 0 Å². The normalized spacial score (nSPS) is 15.8. The van der Waals surface area contributed by atoms with Gasteiger partial charge in [-0.05, 0) is 42.7 Å². The number of carbonyl (C=O) groups excluding carboxylic acids is 2. The van der Waals surface area contributed by atoms with Gasteiger partial charge in [-0.3, -0.25) is 9.59 Å². The zero-order chi connectivity index (χ0) is 18.0. The number of aryl methyl sites for hydroxylation is 1. The van der Waals surface area contributed by atoms with Gasteiger partial charge in [-0.2, -0.15) is 0 Å². The van der Waals surface area contributed by atoms with Crippen LogP contribution >= 0.6 is 0 Å².